The van der Waals surface area contributed by atoms with E-state index >= 15 is 0 Å². The summed E-state index contributed by atoms with van der Waals surface area (Å²) in [6, 6.07) is 10.9. The molecule has 0 unspecified atom stereocenters. The van der Waals surface area contributed by atoms with Crippen LogP contribution in [-0.4, -0.2) is 66.4 Å². The van der Waals surface area contributed by atoms with Crippen LogP contribution < -0.4 is 0 Å². The Hall–Kier alpha value is -2.63. The molecule has 2 aromatic rings. The Labute approximate surface area is 216 Å². The molecule has 5 heteroatoms. The fourth-order valence-electron chi connectivity index (χ4n) is 5.04. The fourth-order valence-corrected chi connectivity index (χ4v) is 5.04. The Balaban J connectivity index is 1.60. The van der Waals surface area contributed by atoms with Crippen molar-refractivity contribution < 1.29 is 14.4 Å². The van der Waals surface area contributed by atoms with Crippen molar-refractivity contribution in [2.75, 3.05) is 39.3 Å². The summed E-state index contributed by atoms with van der Waals surface area (Å²) in [6.45, 7) is 14.8. The Morgan fingerprint density at radius 1 is 0.583 bits per heavy atom. The van der Waals surface area contributed by atoms with Crippen molar-refractivity contribution in [1.29, 1.82) is 0 Å². The van der Waals surface area contributed by atoms with Crippen LogP contribution in [0.3, 0.4) is 0 Å². The number of ketones is 3. The van der Waals surface area contributed by atoms with Crippen LogP contribution in [-0.2, 0) is 0 Å². The Morgan fingerprint density at radius 3 is 1.33 bits per heavy atom. The van der Waals surface area contributed by atoms with Gasteiger partial charge in [0, 0.05) is 35.1 Å². The zero-order valence-electron chi connectivity index (χ0n) is 22.6. The quantitative estimate of drug-likeness (QED) is 0.174. The van der Waals surface area contributed by atoms with Gasteiger partial charge in [-0.3, -0.25) is 14.4 Å². The van der Waals surface area contributed by atoms with E-state index in [0.29, 0.717) is 35.1 Å². The van der Waals surface area contributed by atoms with Gasteiger partial charge in [0.2, 0.25) is 0 Å². The molecule has 0 amide bonds. The molecular weight excluding hydrogens is 448 g/mol. The summed E-state index contributed by atoms with van der Waals surface area (Å²) in [5.41, 5.74) is 4.05. The van der Waals surface area contributed by atoms with Crippen molar-refractivity contribution >= 4 is 17.3 Å². The lowest BCUT2D eigenvalue weighted by Crippen LogP contribution is -2.24. The molecule has 36 heavy (non-hydrogen) atoms. The van der Waals surface area contributed by atoms with Crippen molar-refractivity contribution in [3.8, 4) is 11.1 Å². The standard InChI is InChI=1S/C31H42N2O3/c1-5-32(6-2)19-11-9-13-29(34)23-15-17-25-26-18-16-24(22-28(26)31(36)27(25)21-23)30(35)14-10-12-20-33(7-3)8-4/h15-18,21-22H,5-14,19-20H2,1-4H3. The first-order valence-corrected chi connectivity index (χ1v) is 13.8. The molecule has 0 saturated carbocycles. The van der Waals surface area contributed by atoms with Crippen LogP contribution in [0.1, 0.15) is 103 Å². The van der Waals surface area contributed by atoms with E-state index in [0.717, 1.165) is 76.1 Å². The largest absolute Gasteiger partial charge is 0.304 e. The molecular formula is C31H42N2O3. The lowest BCUT2D eigenvalue weighted by atomic mass is 9.98. The minimum Gasteiger partial charge on any atom is -0.304 e. The van der Waals surface area contributed by atoms with E-state index in [4.69, 9.17) is 0 Å². The summed E-state index contributed by atoms with van der Waals surface area (Å²) < 4.78 is 0. The monoisotopic (exact) mass is 490 g/mol. The molecule has 0 aromatic heterocycles. The molecule has 1 aliphatic carbocycles. The van der Waals surface area contributed by atoms with E-state index in [-0.39, 0.29) is 17.3 Å². The lowest BCUT2D eigenvalue weighted by Gasteiger charge is -2.17. The van der Waals surface area contributed by atoms with Gasteiger partial charge in [-0.05, 0) is 88.2 Å². The molecule has 0 atom stereocenters. The maximum atomic E-state index is 13.2. The van der Waals surface area contributed by atoms with Gasteiger partial charge in [0.1, 0.15) is 0 Å². The molecule has 194 valence electrons. The van der Waals surface area contributed by atoms with Gasteiger partial charge in [-0.2, -0.15) is 0 Å². The average Bonchev–Trinajstić information content (AvgIpc) is 3.19. The average molecular weight is 491 g/mol. The third-order valence-corrected chi connectivity index (χ3v) is 7.51. The summed E-state index contributed by atoms with van der Waals surface area (Å²) in [5.74, 6) is 0.0794. The third kappa shape index (κ3) is 6.77. The number of benzene rings is 2. The number of Topliss-reactive ketones (excluding diaryl/α,β-unsaturated/α-hetero) is 2. The second-order valence-corrected chi connectivity index (χ2v) is 9.66. The van der Waals surface area contributed by atoms with Crippen LogP contribution in [0.25, 0.3) is 11.1 Å². The van der Waals surface area contributed by atoms with E-state index in [1.54, 1.807) is 12.1 Å². The van der Waals surface area contributed by atoms with Gasteiger partial charge < -0.3 is 9.80 Å². The van der Waals surface area contributed by atoms with E-state index in [1.807, 2.05) is 24.3 Å². The highest BCUT2D eigenvalue weighted by atomic mass is 16.1. The van der Waals surface area contributed by atoms with Gasteiger partial charge in [0.25, 0.3) is 0 Å². The number of rotatable bonds is 16. The molecule has 1 aliphatic rings. The highest BCUT2D eigenvalue weighted by Crippen LogP contribution is 2.38. The molecule has 2 aromatic carbocycles. The first kappa shape index (κ1) is 27.9. The molecule has 0 N–H and O–H groups in total. The number of carbonyl (C=O) groups is 3. The van der Waals surface area contributed by atoms with Crippen LogP contribution in [0.5, 0.6) is 0 Å². The second kappa shape index (κ2) is 13.6. The molecule has 0 fully saturated rings. The topological polar surface area (TPSA) is 57.7 Å². The summed E-state index contributed by atoms with van der Waals surface area (Å²) in [4.78, 5) is 43.5. The zero-order chi connectivity index (χ0) is 26.1. The van der Waals surface area contributed by atoms with Crippen LogP contribution >= 0.6 is 0 Å². The highest BCUT2D eigenvalue weighted by Gasteiger charge is 2.28. The second-order valence-electron chi connectivity index (χ2n) is 9.66. The van der Waals surface area contributed by atoms with Gasteiger partial charge in [0.15, 0.2) is 17.3 Å². The first-order valence-electron chi connectivity index (χ1n) is 13.8. The Morgan fingerprint density at radius 2 is 0.972 bits per heavy atom. The van der Waals surface area contributed by atoms with Crippen LogP contribution in [0.2, 0.25) is 0 Å². The predicted octanol–water partition coefficient (Wildman–Crippen LogP) is 6.29. The molecule has 5 nitrogen and oxygen atoms in total. The van der Waals surface area contributed by atoms with E-state index < -0.39 is 0 Å². The molecule has 0 bridgehead atoms. The smallest absolute Gasteiger partial charge is 0.194 e. The first-order chi connectivity index (χ1) is 17.4. The minimum atomic E-state index is -0.0904. The lowest BCUT2D eigenvalue weighted by molar-refractivity contribution is 0.0970. The fraction of sp³-hybridized carbons (Fsp3) is 0.516. The third-order valence-electron chi connectivity index (χ3n) is 7.51. The summed E-state index contributed by atoms with van der Waals surface area (Å²) in [7, 11) is 0. The molecule has 0 aliphatic heterocycles. The number of carbonyl (C=O) groups excluding carboxylic acids is 3. The highest BCUT2D eigenvalue weighted by molar-refractivity contribution is 6.23. The number of nitrogens with zero attached hydrogens (tertiary/aromatic N) is 2. The van der Waals surface area contributed by atoms with Gasteiger partial charge in [0.05, 0.1) is 0 Å². The SMILES string of the molecule is CCN(CC)CCCCC(=O)c1ccc2c(c1)C(=O)c1cc(C(=O)CCCCN(CC)CC)ccc1-2. The number of hydrogen-bond acceptors (Lipinski definition) is 5. The van der Waals surface area contributed by atoms with Crippen molar-refractivity contribution in [2.45, 2.75) is 66.2 Å². The summed E-state index contributed by atoms with van der Waals surface area (Å²) in [5, 5.41) is 0. The van der Waals surface area contributed by atoms with Crippen molar-refractivity contribution in [1.82, 2.24) is 9.80 Å². The molecule has 0 heterocycles. The van der Waals surface area contributed by atoms with Crippen LogP contribution in [0, 0.1) is 0 Å². The zero-order valence-corrected chi connectivity index (χ0v) is 22.6. The molecule has 0 spiro atoms. The Bertz CT molecular complexity index is 984. The van der Waals surface area contributed by atoms with Gasteiger partial charge in [-0.15, -0.1) is 0 Å². The van der Waals surface area contributed by atoms with Gasteiger partial charge in [-0.1, -0.05) is 52.0 Å². The predicted molar refractivity (Wildman–Crippen MR) is 147 cm³/mol. The normalized spacial score (nSPS) is 12.3. The number of hydrogen-bond donors (Lipinski definition) is 0. The summed E-state index contributed by atoms with van der Waals surface area (Å²) >= 11 is 0. The molecule has 3 rings (SSSR count). The Kier molecular flexibility index (Phi) is 10.6. The van der Waals surface area contributed by atoms with Crippen LogP contribution in [0.4, 0.5) is 0 Å². The van der Waals surface area contributed by atoms with Crippen molar-refractivity contribution in [2.24, 2.45) is 0 Å². The van der Waals surface area contributed by atoms with Gasteiger partial charge >= 0.3 is 0 Å². The summed E-state index contributed by atoms with van der Waals surface area (Å²) in [6.07, 6.45) is 4.67. The van der Waals surface area contributed by atoms with E-state index in [1.165, 1.54) is 0 Å². The maximum Gasteiger partial charge on any atom is 0.194 e. The van der Waals surface area contributed by atoms with E-state index in [2.05, 4.69) is 37.5 Å². The van der Waals surface area contributed by atoms with Gasteiger partial charge in [-0.25, -0.2) is 0 Å². The van der Waals surface area contributed by atoms with Crippen molar-refractivity contribution in [3.63, 3.8) is 0 Å². The van der Waals surface area contributed by atoms with E-state index in [9.17, 15) is 14.4 Å². The molecule has 0 radical (unpaired) electrons. The maximum absolute atomic E-state index is 13.2. The van der Waals surface area contributed by atoms with Crippen molar-refractivity contribution in [3.05, 3.63) is 58.7 Å². The molecule has 0 saturated heterocycles. The number of unbranched alkanes of at least 4 members (excludes halogenated alkanes) is 2. The number of fused-ring (bicyclic) bond motifs is 3. The van der Waals surface area contributed by atoms with Crippen LogP contribution in [0.15, 0.2) is 36.4 Å². The minimum absolute atomic E-state index is 0.0849.